The molecule has 2 heterocycles. The molecule has 3 aromatic carbocycles. The summed E-state index contributed by atoms with van der Waals surface area (Å²) in [6.45, 7) is 0. The van der Waals surface area contributed by atoms with Gasteiger partial charge in [0, 0.05) is 10.9 Å². The standard InChI is InChI=1S/C36H21ClF12N2O5/c37-25-11-19(52)1-2-21(25)26-20-3-4-22-27(31(55)50(29(22)53)17-7-13(33(38,39)40)5-14(8-17)34(41,42)43)23(20)12-24-28(26)32(56)51(30(24)54)18-9-15(35(44,45)46)6-16(10-18)36(47,48)49/h1-3,5-11,22-24,26-28,52H,4,12H2. The number of carbonyl (C=O) groups is 4. The zero-order valence-corrected chi connectivity index (χ0v) is 28.3. The van der Waals surface area contributed by atoms with Crippen molar-refractivity contribution >= 4 is 46.6 Å². The first-order chi connectivity index (χ1) is 25.8. The van der Waals surface area contributed by atoms with Gasteiger partial charge in [0.25, 0.3) is 0 Å². The van der Waals surface area contributed by atoms with Gasteiger partial charge in [0.1, 0.15) is 5.75 Å². The van der Waals surface area contributed by atoms with Crippen LogP contribution in [-0.4, -0.2) is 28.7 Å². The van der Waals surface area contributed by atoms with Gasteiger partial charge in [-0.3, -0.25) is 19.2 Å². The Hall–Kier alpha value is -5.07. The van der Waals surface area contributed by atoms with Crippen molar-refractivity contribution in [2.24, 2.45) is 29.6 Å². The monoisotopic (exact) mass is 824 g/mol. The Kier molecular flexibility index (Phi) is 8.90. The molecule has 6 unspecified atom stereocenters. The van der Waals surface area contributed by atoms with E-state index in [0.717, 1.165) is 12.1 Å². The number of phenols is 1. The van der Waals surface area contributed by atoms with Crippen LogP contribution in [0.3, 0.4) is 0 Å². The van der Waals surface area contributed by atoms with Gasteiger partial charge >= 0.3 is 24.7 Å². The molecule has 7 nitrogen and oxygen atoms in total. The van der Waals surface area contributed by atoms with Crippen LogP contribution in [0.15, 0.2) is 66.2 Å². The van der Waals surface area contributed by atoms with E-state index in [2.05, 4.69) is 0 Å². The van der Waals surface area contributed by atoms with Gasteiger partial charge in [0.15, 0.2) is 0 Å². The molecule has 296 valence electrons. The van der Waals surface area contributed by atoms with E-state index in [-0.39, 0.29) is 74.5 Å². The third-order valence-corrected chi connectivity index (χ3v) is 11.0. The largest absolute Gasteiger partial charge is 0.508 e. The van der Waals surface area contributed by atoms with Crippen molar-refractivity contribution in [3.8, 4) is 5.75 Å². The molecule has 56 heavy (non-hydrogen) atoms. The zero-order chi connectivity index (χ0) is 41.2. The normalized spacial score (nSPS) is 25.7. The fraction of sp³-hybridized carbons (Fsp3) is 0.333. The van der Waals surface area contributed by atoms with E-state index >= 15 is 0 Å². The first-order valence-electron chi connectivity index (χ1n) is 16.3. The number of hydrogen-bond acceptors (Lipinski definition) is 5. The lowest BCUT2D eigenvalue weighted by molar-refractivity contribution is -0.144. The van der Waals surface area contributed by atoms with Crippen molar-refractivity contribution < 1.29 is 77.0 Å². The molecule has 1 N–H and O–H groups in total. The van der Waals surface area contributed by atoms with E-state index in [1.165, 1.54) is 12.1 Å². The number of alkyl halides is 12. The average Bonchev–Trinajstić information content (AvgIpc) is 3.49. The van der Waals surface area contributed by atoms with Crippen molar-refractivity contribution in [1.82, 2.24) is 0 Å². The maximum atomic E-state index is 14.2. The first-order valence-corrected chi connectivity index (χ1v) is 16.7. The molecule has 4 aliphatic rings. The zero-order valence-electron chi connectivity index (χ0n) is 27.5. The van der Waals surface area contributed by atoms with Crippen molar-refractivity contribution in [2.75, 3.05) is 9.80 Å². The van der Waals surface area contributed by atoms with Gasteiger partial charge in [-0.2, -0.15) is 52.7 Å². The van der Waals surface area contributed by atoms with Gasteiger partial charge in [0.2, 0.25) is 23.6 Å². The summed E-state index contributed by atoms with van der Waals surface area (Å²) < 4.78 is 165. The smallest absolute Gasteiger partial charge is 0.416 e. The molecule has 0 spiro atoms. The minimum absolute atomic E-state index is 0.0122. The maximum absolute atomic E-state index is 14.2. The van der Waals surface area contributed by atoms with E-state index in [1.54, 1.807) is 0 Å². The van der Waals surface area contributed by atoms with Crippen LogP contribution in [-0.2, 0) is 43.9 Å². The van der Waals surface area contributed by atoms with Crippen LogP contribution >= 0.6 is 11.6 Å². The lowest BCUT2D eigenvalue weighted by Gasteiger charge is -2.44. The summed E-state index contributed by atoms with van der Waals surface area (Å²) >= 11 is 6.47. The molecule has 20 heteroatoms. The highest BCUT2D eigenvalue weighted by Crippen LogP contribution is 2.60. The molecule has 0 aromatic heterocycles. The SMILES string of the molecule is O=C1C2CC=C3C(CC4C(=O)N(c5cc(C(F)(F)F)cc(C(F)(F)F)c5)C(=O)C4C3c3ccc(O)cc3Cl)C2C(=O)N1c1cc(C(F)(F)F)cc(C(F)(F)F)c1. The summed E-state index contributed by atoms with van der Waals surface area (Å²) in [5, 5.41) is 9.82. The molecular weight excluding hydrogens is 804 g/mol. The highest BCUT2D eigenvalue weighted by molar-refractivity contribution is 6.32. The van der Waals surface area contributed by atoms with E-state index in [9.17, 15) is 77.0 Å². The molecular formula is C36H21ClF12N2O5. The molecule has 2 aliphatic carbocycles. The second kappa shape index (κ2) is 12.7. The van der Waals surface area contributed by atoms with E-state index in [0.29, 0.717) is 0 Å². The van der Waals surface area contributed by atoms with Crippen LogP contribution in [0.2, 0.25) is 5.02 Å². The Morgan fingerprint density at radius 1 is 0.554 bits per heavy atom. The fourth-order valence-electron chi connectivity index (χ4n) is 8.35. The summed E-state index contributed by atoms with van der Waals surface area (Å²) in [4.78, 5) is 56.6. The summed E-state index contributed by atoms with van der Waals surface area (Å²) in [6, 6.07) is 3.68. The minimum Gasteiger partial charge on any atom is -0.508 e. The van der Waals surface area contributed by atoms with Crippen LogP contribution in [0, 0.1) is 29.6 Å². The predicted octanol–water partition coefficient (Wildman–Crippen LogP) is 9.17. The molecule has 4 amide bonds. The predicted molar refractivity (Wildman–Crippen MR) is 169 cm³/mol. The fourth-order valence-corrected chi connectivity index (χ4v) is 8.64. The number of imide groups is 2. The van der Waals surface area contributed by atoms with E-state index in [4.69, 9.17) is 11.6 Å². The van der Waals surface area contributed by atoms with Crippen LogP contribution in [0.1, 0.15) is 46.6 Å². The summed E-state index contributed by atoms with van der Waals surface area (Å²) in [7, 11) is 0. The topological polar surface area (TPSA) is 95.0 Å². The Morgan fingerprint density at radius 3 is 1.41 bits per heavy atom. The Labute approximate surface area is 311 Å². The van der Waals surface area contributed by atoms with Crippen molar-refractivity contribution in [1.29, 1.82) is 0 Å². The van der Waals surface area contributed by atoms with Gasteiger partial charge in [-0.15, -0.1) is 0 Å². The molecule has 3 aromatic rings. The van der Waals surface area contributed by atoms with Crippen LogP contribution < -0.4 is 9.80 Å². The van der Waals surface area contributed by atoms with Gasteiger partial charge < -0.3 is 5.11 Å². The molecule has 0 radical (unpaired) electrons. The van der Waals surface area contributed by atoms with Gasteiger partial charge in [-0.1, -0.05) is 29.3 Å². The number of phenolic OH excluding ortho intramolecular Hbond substituents is 1. The van der Waals surface area contributed by atoms with Crippen LogP contribution in [0.5, 0.6) is 5.75 Å². The molecule has 7 rings (SSSR count). The quantitative estimate of drug-likeness (QED) is 0.162. The number of fused-ring (bicyclic) bond motifs is 4. The van der Waals surface area contributed by atoms with E-state index < -0.39 is 124 Å². The number of hydrogen-bond donors (Lipinski definition) is 1. The Morgan fingerprint density at radius 2 is 0.982 bits per heavy atom. The van der Waals surface area contributed by atoms with Gasteiger partial charge in [-0.05, 0) is 72.9 Å². The molecule has 1 saturated carbocycles. The van der Waals surface area contributed by atoms with Crippen molar-refractivity contribution in [3.63, 3.8) is 0 Å². The van der Waals surface area contributed by atoms with Gasteiger partial charge in [0.05, 0.1) is 57.3 Å². The minimum atomic E-state index is -5.37. The number of anilines is 2. The highest BCUT2D eigenvalue weighted by atomic mass is 35.5. The Balaban J connectivity index is 1.35. The number of benzene rings is 3. The molecule has 0 bridgehead atoms. The summed E-state index contributed by atoms with van der Waals surface area (Å²) in [5.41, 5.74) is -9.29. The third-order valence-electron chi connectivity index (χ3n) is 10.6. The third kappa shape index (κ3) is 6.36. The number of aromatic hydroxyl groups is 1. The second-order valence-electron chi connectivity index (χ2n) is 13.8. The molecule has 2 saturated heterocycles. The first kappa shape index (κ1) is 39.2. The Bertz CT molecular complexity index is 2180. The number of nitrogens with zero attached hydrogens (tertiary/aromatic N) is 2. The van der Waals surface area contributed by atoms with Crippen molar-refractivity contribution in [3.05, 3.63) is 99.1 Å². The number of carbonyl (C=O) groups excluding carboxylic acids is 4. The average molecular weight is 825 g/mol. The van der Waals surface area contributed by atoms with Crippen molar-refractivity contribution in [2.45, 2.75) is 43.5 Å². The number of amides is 4. The van der Waals surface area contributed by atoms with Crippen LogP contribution in [0.25, 0.3) is 0 Å². The summed E-state index contributed by atoms with van der Waals surface area (Å²) in [5.74, 6) is -14.2. The highest BCUT2D eigenvalue weighted by Gasteiger charge is 2.63. The number of halogens is 13. The number of allylic oxidation sites excluding steroid dienone is 2. The van der Waals surface area contributed by atoms with Gasteiger partial charge in [-0.25, -0.2) is 9.80 Å². The van der Waals surface area contributed by atoms with Crippen LogP contribution in [0.4, 0.5) is 64.1 Å². The summed E-state index contributed by atoms with van der Waals surface area (Å²) in [6.07, 6.45) is -21.0. The second-order valence-corrected chi connectivity index (χ2v) is 14.2. The molecule has 2 aliphatic heterocycles. The lowest BCUT2D eigenvalue weighted by atomic mass is 9.57. The molecule has 3 fully saturated rings. The molecule has 6 atom stereocenters. The lowest BCUT2D eigenvalue weighted by Crippen LogP contribution is -2.43. The maximum Gasteiger partial charge on any atom is 0.416 e. The van der Waals surface area contributed by atoms with E-state index in [1.807, 2.05) is 0 Å². The number of rotatable bonds is 3.